The monoisotopic (exact) mass is 140 g/mol. The van der Waals surface area contributed by atoms with Crippen LogP contribution in [0.1, 0.15) is 34.1 Å². The van der Waals surface area contributed by atoms with Gasteiger partial charge in [-0.3, -0.25) is 5.43 Å². The average molecular weight is 140 g/mol. The molecule has 0 heterocycles. The topological polar surface area (TPSA) is 24.4 Å². The summed E-state index contributed by atoms with van der Waals surface area (Å²) in [5, 5.41) is 3.91. The molecule has 1 N–H and O–H groups in total. The fourth-order valence-electron chi connectivity index (χ4n) is 0.522. The Bertz CT molecular complexity index is 145. The Kier molecular flexibility index (Phi) is 4.63. The van der Waals surface area contributed by atoms with Crippen molar-refractivity contribution in [1.82, 2.24) is 5.43 Å². The second-order valence-corrected chi connectivity index (χ2v) is 2.26. The van der Waals surface area contributed by atoms with Crippen molar-refractivity contribution in [3.8, 4) is 0 Å². The van der Waals surface area contributed by atoms with E-state index in [-0.39, 0.29) is 0 Å². The summed E-state index contributed by atoms with van der Waals surface area (Å²) in [5.41, 5.74) is 5.44. The number of allylic oxidation sites excluding steroid dienone is 2. The van der Waals surface area contributed by atoms with Crippen molar-refractivity contribution < 1.29 is 0 Å². The molecule has 2 nitrogen and oxygen atoms in total. The molecule has 0 saturated heterocycles. The highest BCUT2D eigenvalue weighted by Crippen LogP contribution is 2.02. The van der Waals surface area contributed by atoms with E-state index in [1.807, 2.05) is 13.8 Å². The lowest BCUT2D eigenvalue weighted by Crippen LogP contribution is -2.03. The van der Waals surface area contributed by atoms with Gasteiger partial charge in [0.05, 0.1) is 0 Å². The Morgan fingerprint density at radius 2 is 2.10 bits per heavy atom. The zero-order chi connectivity index (χ0) is 7.98. The van der Waals surface area contributed by atoms with Gasteiger partial charge in [-0.1, -0.05) is 12.5 Å². The van der Waals surface area contributed by atoms with Gasteiger partial charge in [0.2, 0.25) is 0 Å². The zero-order valence-electron chi connectivity index (χ0n) is 7.23. The highest BCUT2D eigenvalue weighted by Gasteiger charge is 1.89. The van der Waals surface area contributed by atoms with Gasteiger partial charge in [-0.05, 0) is 27.2 Å². The average Bonchev–Trinajstić information content (AvgIpc) is 1.98. The first kappa shape index (κ1) is 9.21. The number of hydrogen-bond acceptors (Lipinski definition) is 2. The van der Waals surface area contributed by atoms with Gasteiger partial charge in [0.25, 0.3) is 0 Å². The maximum absolute atomic E-state index is 3.91. The van der Waals surface area contributed by atoms with Crippen molar-refractivity contribution in [1.29, 1.82) is 0 Å². The summed E-state index contributed by atoms with van der Waals surface area (Å²) < 4.78 is 0. The van der Waals surface area contributed by atoms with Gasteiger partial charge in [-0.25, -0.2) is 0 Å². The van der Waals surface area contributed by atoms with Gasteiger partial charge < -0.3 is 0 Å². The van der Waals surface area contributed by atoms with E-state index in [1.165, 1.54) is 5.57 Å². The molecule has 0 saturated carbocycles. The molecule has 0 aliphatic heterocycles. The summed E-state index contributed by atoms with van der Waals surface area (Å²) in [6.07, 6.45) is 2.82. The predicted octanol–water partition coefficient (Wildman–Crippen LogP) is 2.29. The van der Waals surface area contributed by atoms with Crippen LogP contribution in [0.5, 0.6) is 0 Å². The lowest BCUT2D eigenvalue weighted by Gasteiger charge is -2.02. The Morgan fingerprint density at radius 1 is 1.50 bits per heavy atom. The second-order valence-electron chi connectivity index (χ2n) is 2.26. The van der Waals surface area contributed by atoms with Crippen LogP contribution in [0, 0.1) is 0 Å². The number of rotatable bonds is 3. The fourth-order valence-corrected chi connectivity index (χ4v) is 0.522. The lowest BCUT2D eigenvalue weighted by atomic mass is 10.2. The highest BCUT2D eigenvalue weighted by atomic mass is 15.3. The lowest BCUT2D eigenvalue weighted by molar-refractivity contribution is 0.853. The number of hydrogen-bond donors (Lipinski definition) is 1. The minimum absolute atomic E-state index is 1.08. The second kappa shape index (κ2) is 5.03. The van der Waals surface area contributed by atoms with Crippen LogP contribution in [0.3, 0.4) is 0 Å². The van der Waals surface area contributed by atoms with Gasteiger partial charge >= 0.3 is 0 Å². The van der Waals surface area contributed by atoms with Crippen LogP contribution < -0.4 is 5.43 Å². The molecule has 58 valence electrons. The molecule has 0 aromatic heterocycles. The highest BCUT2D eigenvalue weighted by molar-refractivity contribution is 5.52. The van der Waals surface area contributed by atoms with Crippen molar-refractivity contribution in [2.75, 3.05) is 0 Å². The van der Waals surface area contributed by atoms with Gasteiger partial charge in [-0.15, -0.1) is 0 Å². The molecule has 0 rings (SSSR count). The minimum Gasteiger partial charge on any atom is -0.283 e. The predicted molar refractivity (Wildman–Crippen MR) is 46.0 cm³/mol. The van der Waals surface area contributed by atoms with Crippen molar-refractivity contribution in [3.63, 3.8) is 0 Å². The van der Waals surface area contributed by atoms with E-state index >= 15 is 0 Å². The Labute approximate surface area is 63.0 Å². The smallest absolute Gasteiger partial charge is 0.0293 e. The summed E-state index contributed by atoms with van der Waals surface area (Å²) in [5.74, 6) is 0. The van der Waals surface area contributed by atoms with Crippen molar-refractivity contribution in [2.45, 2.75) is 34.1 Å². The third-order valence-corrected chi connectivity index (χ3v) is 1.53. The minimum atomic E-state index is 1.08. The summed E-state index contributed by atoms with van der Waals surface area (Å²) >= 11 is 0. The third-order valence-electron chi connectivity index (χ3n) is 1.53. The summed E-state index contributed by atoms with van der Waals surface area (Å²) in [7, 11) is 0. The van der Waals surface area contributed by atoms with Crippen LogP contribution in [0.2, 0.25) is 0 Å². The van der Waals surface area contributed by atoms with E-state index in [0.717, 1.165) is 12.1 Å². The van der Waals surface area contributed by atoms with E-state index < -0.39 is 0 Å². The molecule has 0 unspecified atom stereocenters. The van der Waals surface area contributed by atoms with Crippen molar-refractivity contribution >= 4 is 6.21 Å². The molecule has 0 aromatic carbocycles. The molecule has 0 radical (unpaired) electrons. The molecule has 0 spiro atoms. The largest absolute Gasteiger partial charge is 0.283 e. The molecular weight excluding hydrogens is 124 g/mol. The Hall–Kier alpha value is -0.790. The first-order chi connectivity index (χ1) is 4.72. The molecule has 10 heavy (non-hydrogen) atoms. The van der Waals surface area contributed by atoms with E-state index in [1.54, 1.807) is 6.21 Å². The number of nitrogens with one attached hydrogen (secondary N) is 1. The molecule has 0 atom stereocenters. The van der Waals surface area contributed by atoms with Crippen molar-refractivity contribution in [3.05, 3.63) is 11.3 Å². The molecule has 0 bridgehead atoms. The summed E-state index contributed by atoms with van der Waals surface area (Å²) in [6, 6.07) is 0. The molecule has 2 heteroatoms. The van der Waals surface area contributed by atoms with E-state index in [9.17, 15) is 0 Å². The third kappa shape index (κ3) is 3.28. The molecule has 0 aliphatic rings. The first-order valence-electron chi connectivity index (χ1n) is 3.62. The number of nitrogens with zero attached hydrogens (tertiary/aromatic N) is 1. The van der Waals surface area contributed by atoms with Gasteiger partial charge in [-0.2, -0.15) is 5.10 Å². The Balaban J connectivity index is 3.91. The quantitative estimate of drug-likeness (QED) is 0.472. The van der Waals surface area contributed by atoms with Gasteiger partial charge in [0.1, 0.15) is 0 Å². The molecule has 0 aliphatic carbocycles. The molecule has 0 fully saturated rings. The normalized spacial score (nSPS) is 13.6. The molecule has 0 aromatic rings. The number of hydrazone groups is 1. The van der Waals surface area contributed by atoms with Crippen LogP contribution in [-0.2, 0) is 0 Å². The van der Waals surface area contributed by atoms with Crippen LogP contribution in [0.4, 0.5) is 0 Å². The maximum Gasteiger partial charge on any atom is 0.0293 e. The standard InChI is InChI=1S/C8H16N2/c1-5-7(3)8(4)10-9-6-2/h6,10H,5H2,1-4H3/b8-7-,9-6-. The van der Waals surface area contributed by atoms with Crippen LogP contribution in [-0.4, -0.2) is 6.21 Å². The Morgan fingerprint density at radius 3 is 2.50 bits per heavy atom. The van der Waals surface area contributed by atoms with Crippen LogP contribution in [0.25, 0.3) is 0 Å². The summed E-state index contributed by atoms with van der Waals surface area (Å²) in [4.78, 5) is 0. The van der Waals surface area contributed by atoms with Crippen molar-refractivity contribution in [2.24, 2.45) is 5.10 Å². The van der Waals surface area contributed by atoms with Crippen LogP contribution in [0.15, 0.2) is 16.4 Å². The van der Waals surface area contributed by atoms with E-state index in [2.05, 4.69) is 24.4 Å². The zero-order valence-corrected chi connectivity index (χ0v) is 7.23. The van der Waals surface area contributed by atoms with Crippen LogP contribution >= 0.6 is 0 Å². The maximum atomic E-state index is 3.91. The fraction of sp³-hybridized carbons (Fsp3) is 0.625. The van der Waals surface area contributed by atoms with E-state index in [0.29, 0.717) is 0 Å². The molecule has 0 amide bonds. The summed E-state index contributed by atoms with van der Waals surface area (Å²) in [6.45, 7) is 8.16. The molecular formula is C8H16N2. The van der Waals surface area contributed by atoms with Gasteiger partial charge in [0, 0.05) is 11.9 Å². The first-order valence-corrected chi connectivity index (χ1v) is 3.62. The van der Waals surface area contributed by atoms with Gasteiger partial charge in [0.15, 0.2) is 0 Å². The SMILES string of the molecule is C/C=N\N/C(C)=C(/C)CC. The van der Waals surface area contributed by atoms with E-state index in [4.69, 9.17) is 0 Å².